The predicted octanol–water partition coefficient (Wildman–Crippen LogP) is 5.87. The Balaban J connectivity index is 1.40. The van der Waals surface area contributed by atoms with Crippen molar-refractivity contribution < 1.29 is 19.1 Å². The molecule has 0 radical (unpaired) electrons. The quantitative estimate of drug-likeness (QED) is 0.435. The number of benzene rings is 3. The molecule has 2 aliphatic rings. The van der Waals surface area contributed by atoms with Gasteiger partial charge in [-0.3, -0.25) is 9.69 Å². The van der Waals surface area contributed by atoms with Gasteiger partial charge in [0.2, 0.25) is 5.91 Å². The molecule has 1 unspecified atom stereocenters. The summed E-state index contributed by atoms with van der Waals surface area (Å²) in [6, 6.07) is 21.2. The van der Waals surface area contributed by atoms with Gasteiger partial charge in [-0.05, 0) is 54.8 Å². The van der Waals surface area contributed by atoms with Crippen LogP contribution in [0.4, 0.5) is 5.69 Å². The van der Waals surface area contributed by atoms with Crippen LogP contribution in [-0.4, -0.2) is 18.5 Å². The lowest BCUT2D eigenvalue weighted by molar-refractivity contribution is -0.136. The van der Waals surface area contributed by atoms with Gasteiger partial charge in [0.15, 0.2) is 0 Å². The molecule has 0 spiro atoms. The number of amides is 1. The van der Waals surface area contributed by atoms with Crippen LogP contribution in [0.5, 0.6) is 5.75 Å². The van der Waals surface area contributed by atoms with Gasteiger partial charge in [0, 0.05) is 17.4 Å². The summed E-state index contributed by atoms with van der Waals surface area (Å²) in [5.74, 6) is -0.108. The molecule has 5 rings (SSSR count). The summed E-state index contributed by atoms with van der Waals surface area (Å²) < 4.78 is 11.3. The maximum absolute atomic E-state index is 13.2. The molecular formula is C28H24ClNO4. The highest BCUT2D eigenvalue weighted by molar-refractivity contribution is 6.31. The van der Waals surface area contributed by atoms with E-state index in [1.54, 1.807) is 11.0 Å². The van der Waals surface area contributed by atoms with Crippen molar-refractivity contribution in [3.05, 3.63) is 105 Å². The van der Waals surface area contributed by atoms with Crippen molar-refractivity contribution in [1.82, 2.24) is 0 Å². The van der Waals surface area contributed by atoms with Crippen LogP contribution >= 0.6 is 11.6 Å². The third kappa shape index (κ3) is 4.19. The van der Waals surface area contributed by atoms with Crippen molar-refractivity contribution in [1.29, 1.82) is 0 Å². The summed E-state index contributed by atoms with van der Waals surface area (Å²) in [5.41, 5.74) is 5.86. The molecular weight excluding hydrogens is 450 g/mol. The van der Waals surface area contributed by atoms with E-state index in [0.29, 0.717) is 28.6 Å². The van der Waals surface area contributed by atoms with Crippen LogP contribution in [0.25, 0.3) is 0 Å². The number of anilines is 1. The molecule has 1 atom stereocenters. The van der Waals surface area contributed by atoms with E-state index >= 15 is 0 Å². The average Bonchev–Trinajstić information content (AvgIpc) is 3.22. The number of rotatable bonds is 5. The summed E-state index contributed by atoms with van der Waals surface area (Å²) in [6.45, 7) is 4.49. The number of esters is 1. The minimum Gasteiger partial charge on any atom is -0.489 e. The number of nitrogens with zero attached hydrogens (tertiary/aromatic N) is 1. The zero-order valence-electron chi connectivity index (χ0n) is 19.0. The number of aryl methyl sites for hydroxylation is 2. The fourth-order valence-corrected chi connectivity index (χ4v) is 4.58. The molecule has 3 aromatic carbocycles. The van der Waals surface area contributed by atoms with Gasteiger partial charge in [-0.2, -0.15) is 0 Å². The molecule has 0 aromatic heterocycles. The monoisotopic (exact) mass is 473 g/mol. The van der Waals surface area contributed by atoms with Crippen LogP contribution in [0.2, 0.25) is 5.02 Å². The van der Waals surface area contributed by atoms with Crippen molar-refractivity contribution in [3.63, 3.8) is 0 Å². The summed E-state index contributed by atoms with van der Waals surface area (Å²) >= 11 is 6.30. The molecule has 0 saturated heterocycles. The molecule has 2 heterocycles. The molecule has 34 heavy (non-hydrogen) atoms. The van der Waals surface area contributed by atoms with Crippen molar-refractivity contribution >= 4 is 29.2 Å². The van der Waals surface area contributed by atoms with E-state index in [1.165, 1.54) is 5.56 Å². The van der Waals surface area contributed by atoms with E-state index in [9.17, 15) is 9.59 Å². The first kappa shape index (κ1) is 22.2. The number of halogens is 1. The third-order valence-corrected chi connectivity index (χ3v) is 6.75. The normalized spacial score (nSPS) is 17.6. The highest BCUT2D eigenvalue weighted by atomic mass is 35.5. The smallest absolute Gasteiger partial charge is 0.336 e. The van der Waals surface area contributed by atoms with Gasteiger partial charge in [0.25, 0.3) is 0 Å². The Kier molecular flexibility index (Phi) is 5.88. The van der Waals surface area contributed by atoms with Gasteiger partial charge >= 0.3 is 5.97 Å². The third-order valence-electron chi connectivity index (χ3n) is 6.34. The number of hydrogen-bond donors (Lipinski definition) is 0. The van der Waals surface area contributed by atoms with E-state index in [4.69, 9.17) is 21.1 Å². The Morgan fingerprint density at radius 2 is 1.74 bits per heavy atom. The summed E-state index contributed by atoms with van der Waals surface area (Å²) in [5, 5.41) is 0.570. The standard InChI is InChI=1S/C28H24ClNO4/c1-17-3-6-19(7-4-17)15-33-22-11-8-20(9-12-22)23-14-26(31)30(25-16-34-28(32)27(23)25)21-10-5-18(2)24(29)13-21/h3-13,23H,14-16H2,1-2H3. The molecule has 5 nitrogen and oxygen atoms in total. The number of ether oxygens (including phenoxy) is 2. The molecule has 0 fully saturated rings. The Morgan fingerprint density at radius 3 is 2.44 bits per heavy atom. The largest absolute Gasteiger partial charge is 0.489 e. The van der Waals surface area contributed by atoms with Gasteiger partial charge in [-0.25, -0.2) is 4.79 Å². The van der Waals surface area contributed by atoms with E-state index in [-0.39, 0.29) is 30.8 Å². The number of carbonyl (C=O) groups excluding carboxylic acids is 2. The van der Waals surface area contributed by atoms with Gasteiger partial charge in [0.1, 0.15) is 19.0 Å². The molecule has 0 bridgehead atoms. The molecule has 172 valence electrons. The first-order valence-electron chi connectivity index (χ1n) is 11.2. The maximum atomic E-state index is 13.2. The zero-order chi connectivity index (χ0) is 23.8. The highest BCUT2D eigenvalue weighted by Gasteiger charge is 2.43. The van der Waals surface area contributed by atoms with Crippen LogP contribution < -0.4 is 9.64 Å². The molecule has 2 aliphatic heterocycles. The first-order valence-corrected chi connectivity index (χ1v) is 11.6. The SMILES string of the molecule is Cc1ccc(COc2ccc(C3CC(=O)N(c4ccc(C)c(Cl)c4)C4=C3C(=O)OC4)cc2)cc1. The summed E-state index contributed by atoms with van der Waals surface area (Å²) in [6.07, 6.45) is 0.170. The van der Waals surface area contributed by atoms with E-state index < -0.39 is 0 Å². The predicted molar refractivity (Wildman–Crippen MR) is 131 cm³/mol. The van der Waals surface area contributed by atoms with Crippen LogP contribution in [0.3, 0.4) is 0 Å². The van der Waals surface area contributed by atoms with Crippen molar-refractivity contribution in [2.75, 3.05) is 11.5 Å². The van der Waals surface area contributed by atoms with E-state index in [2.05, 4.69) is 19.1 Å². The average molecular weight is 474 g/mol. The number of carbonyl (C=O) groups is 2. The Labute approximate surface area is 203 Å². The Bertz CT molecular complexity index is 1290. The fourth-order valence-electron chi connectivity index (χ4n) is 4.41. The Morgan fingerprint density at radius 1 is 1.00 bits per heavy atom. The zero-order valence-corrected chi connectivity index (χ0v) is 19.8. The van der Waals surface area contributed by atoms with Crippen molar-refractivity contribution in [2.45, 2.75) is 32.8 Å². The highest BCUT2D eigenvalue weighted by Crippen LogP contribution is 2.42. The first-order chi connectivity index (χ1) is 16.4. The number of hydrogen-bond acceptors (Lipinski definition) is 4. The van der Waals surface area contributed by atoms with Crippen LogP contribution in [0.1, 0.15) is 34.6 Å². The van der Waals surface area contributed by atoms with Gasteiger partial charge in [-0.1, -0.05) is 59.6 Å². The lowest BCUT2D eigenvalue weighted by Crippen LogP contribution is -2.37. The maximum Gasteiger partial charge on any atom is 0.336 e. The molecule has 0 saturated carbocycles. The van der Waals surface area contributed by atoms with Crippen LogP contribution in [0.15, 0.2) is 78.0 Å². The molecule has 6 heteroatoms. The minimum atomic E-state index is -0.379. The van der Waals surface area contributed by atoms with Gasteiger partial charge in [-0.15, -0.1) is 0 Å². The molecule has 0 N–H and O–H groups in total. The second-order valence-corrected chi connectivity index (χ2v) is 9.11. The second-order valence-electron chi connectivity index (χ2n) is 8.70. The van der Waals surface area contributed by atoms with Crippen LogP contribution in [-0.2, 0) is 20.9 Å². The molecule has 1 amide bonds. The minimum absolute atomic E-state index is 0.0691. The lowest BCUT2D eigenvalue weighted by atomic mass is 9.84. The molecule has 0 aliphatic carbocycles. The summed E-state index contributed by atoms with van der Waals surface area (Å²) in [4.78, 5) is 27.5. The fraction of sp³-hybridized carbons (Fsp3) is 0.214. The second kappa shape index (κ2) is 8.99. The van der Waals surface area contributed by atoms with Crippen molar-refractivity contribution in [3.8, 4) is 5.75 Å². The topological polar surface area (TPSA) is 55.8 Å². The van der Waals surface area contributed by atoms with E-state index in [0.717, 1.165) is 22.4 Å². The van der Waals surface area contributed by atoms with Gasteiger partial charge < -0.3 is 9.47 Å². The van der Waals surface area contributed by atoms with E-state index in [1.807, 2.05) is 55.5 Å². The van der Waals surface area contributed by atoms with Crippen molar-refractivity contribution in [2.24, 2.45) is 0 Å². The Hall–Kier alpha value is -3.57. The number of cyclic esters (lactones) is 1. The molecule has 3 aromatic rings. The lowest BCUT2D eigenvalue weighted by Gasteiger charge is -2.32. The van der Waals surface area contributed by atoms with Crippen LogP contribution in [0, 0.1) is 13.8 Å². The summed E-state index contributed by atoms with van der Waals surface area (Å²) in [7, 11) is 0. The van der Waals surface area contributed by atoms with Gasteiger partial charge in [0.05, 0.1) is 17.0 Å².